The first kappa shape index (κ1) is 14.9. The number of benzene rings is 1. The van der Waals surface area contributed by atoms with Crippen molar-refractivity contribution in [3.05, 3.63) is 51.2 Å². The van der Waals surface area contributed by atoms with Gasteiger partial charge in [-0.3, -0.25) is 0 Å². The fourth-order valence-electron chi connectivity index (χ4n) is 1.81. The molecule has 0 atom stereocenters. The van der Waals surface area contributed by atoms with Gasteiger partial charge >= 0.3 is 0 Å². The van der Waals surface area contributed by atoms with Crippen LogP contribution in [0.5, 0.6) is 5.75 Å². The van der Waals surface area contributed by atoms with Crippen LogP contribution in [0.25, 0.3) is 0 Å². The van der Waals surface area contributed by atoms with Crippen molar-refractivity contribution in [1.29, 1.82) is 0 Å². The predicted molar refractivity (Wildman–Crippen MR) is 77.1 cm³/mol. The van der Waals surface area contributed by atoms with Gasteiger partial charge in [-0.25, -0.2) is 8.78 Å². The van der Waals surface area contributed by atoms with Crippen LogP contribution in [0.15, 0.2) is 24.3 Å². The van der Waals surface area contributed by atoms with E-state index in [1.807, 2.05) is 6.92 Å². The molecule has 0 aliphatic rings. The first-order valence-corrected chi connectivity index (χ1v) is 7.28. The molecule has 0 radical (unpaired) electrons. The average molecular weight is 297 g/mol. The number of hydrogen-bond acceptors (Lipinski definition) is 3. The van der Waals surface area contributed by atoms with Crippen LogP contribution in [0.1, 0.15) is 22.2 Å². The van der Waals surface area contributed by atoms with Crippen LogP contribution in [0, 0.1) is 18.6 Å². The van der Waals surface area contributed by atoms with E-state index in [9.17, 15) is 8.78 Å². The second-order valence-corrected chi connectivity index (χ2v) is 5.78. The van der Waals surface area contributed by atoms with E-state index < -0.39 is 11.6 Å². The van der Waals surface area contributed by atoms with Crippen molar-refractivity contribution in [2.24, 2.45) is 0 Å². The minimum atomic E-state index is -0.675. The van der Waals surface area contributed by atoms with Crippen molar-refractivity contribution in [1.82, 2.24) is 5.32 Å². The second-order valence-electron chi connectivity index (χ2n) is 4.44. The Morgan fingerprint density at radius 1 is 1.25 bits per heavy atom. The molecule has 0 fully saturated rings. The first-order valence-electron chi connectivity index (χ1n) is 6.47. The van der Waals surface area contributed by atoms with Crippen molar-refractivity contribution in [3.8, 4) is 5.75 Å². The Morgan fingerprint density at radius 3 is 2.75 bits per heavy atom. The molecule has 2 aromatic rings. The molecule has 5 heteroatoms. The third kappa shape index (κ3) is 3.77. The van der Waals surface area contributed by atoms with Crippen LogP contribution in [0.4, 0.5) is 8.78 Å². The molecule has 0 aliphatic heterocycles. The lowest BCUT2D eigenvalue weighted by Crippen LogP contribution is -2.10. The third-order valence-corrected chi connectivity index (χ3v) is 3.99. The van der Waals surface area contributed by atoms with Crippen LogP contribution < -0.4 is 10.1 Å². The van der Waals surface area contributed by atoms with Crippen LogP contribution in [0.2, 0.25) is 0 Å². The summed E-state index contributed by atoms with van der Waals surface area (Å²) >= 11 is 1.70. The van der Waals surface area contributed by atoms with Gasteiger partial charge in [-0.05, 0) is 31.7 Å². The second kappa shape index (κ2) is 6.81. The lowest BCUT2D eigenvalue weighted by Gasteiger charge is -2.06. The van der Waals surface area contributed by atoms with Gasteiger partial charge in [-0.2, -0.15) is 0 Å². The molecule has 1 aromatic carbocycles. The molecule has 0 bridgehead atoms. The minimum absolute atomic E-state index is 0.0743. The fraction of sp³-hybridized carbons (Fsp3) is 0.333. The van der Waals surface area contributed by atoms with Gasteiger partial charge in [0.15, 0.2) is 11.6 Å². The molecule has 108 valence electrons. The molecule has 20 heavy (non-hydrogen) atoms. The van der Waals surface area contributed by atoms with E-state index in [1.165, 1.54) is 17.0 Å². The minimum Gasteiger partial charge on any atom is -0.486 e. The largest absolute Gasteiger partial charge is 0.486 e. The number of halogens is 2. The summed E-state index contributed by atoms with van der Waals surface area (Å²) < 4.78 is 31.7. The molecule has 2 rings (SSSR count). The van der Waals surface area contributed by atoms with Crippen molar-refractivity contribution in [3.63, 3.8) is 0 Å². The van der Waals surface area contributed by atoms with E-state index in [-0.39, 0.29) is 12.4 Å². The lowest BCUT2D eigenvalue weighted by molar-refractivity contribution is 0.289. The quantitative estimate of drug-likeness (QED) is 0.869. The summed E-state index contributed by atoms with van der Waals surface area (Å²) in [6.45, 7) is 6.11. The number of hydrogen-bond donors (Lipinski definition) is 1. The van der Waals surface area contributed by atoms with Gasteiger partial charge in [0.2, 0.25) is 0 Å². The number of rotatable bonds is 6. The van der Waals surface area contributed by atoms with Crippen LogP contribution in [-0.4, -0.2) is 6.54 Å². The summed E-state index contributed by atoms with van der Waals surface area (Å²) in [5, 5.41) is 3.26. The first-order chi connectivity index (χ1) is 9.60. The smallest absolute Gasteiger partial charge is 0.167 e. The Kier molecular flexibility index (Phi) is 5.09. The summed E-state index contributed by atoms with van der Waals surface area (Å²) in [5.74, 6) is -1.20. The molecular weight excluding hydrogens is 280 g/mol. The summed E-state index contributed by atoms with van der Waals surface area (Å²) in [6, 6.07) is 5.39. The van der Waals surface area contributed by atoms with Crippen molar-refractivity contribution < 1.29 is 13.5 Å². The van der Waals surface area contributed by atoms with Crippen molar-refractivity contribution in [2.75, 3.05) is 6.54 Å². The molecule has 1 aromatic heterocycles. The standard InChI is InChI=1S/C15H17F2NOS/c1-3-18-8-13-6-11(10(2)20-13)9-19-15-5-4-12(16)7-14(15)17/h4-7,18H,3,8-9H2,1-2H3. The van der Waals surface area contributed by atoms with Gasteiger partial charge in [0, 0.05) is 27.9 Å². The number of thiophene rings is 1. The van der Waals surface area contributed by atoms with Gasteiger partial charge in [0.25, 0.3) is 0 Å². The molecule has 0 spiro atoms. The highest BCUT2D eigenvalue weighted by Crippen LogP contribution is 2.24. The Morgan fingerprint density at radius 2 is 2.05 bits per heavy atom. The predicted octanol–water partition coefficient (Wildman–Crippen LogP) is 4.02. The molecule has 0 saturated heterocycles. The molecule has 1 N–H and O–H groups in total. The highest BCUT2D eigenvalue weighted by molar-refractivity contribution is 7.12. The van der Waals surface area contributed by atoms with Crippen LogP contribution >= 0.6 is 11.3 Å². The molecular formula is C15H17F2NOS. The highest BCUT2D eigenvalue weighted by Gasteiger charge is 2.09. The SMILES string of the molecule is CCNCc1cc(COc2ccc(F)cc2F)c(C)s1. The molecule has 2 nitrogen and oxygen atoms in total. The molecule has 1 heterocycles. The normalized spacial score (nSPS) is 10.8. The fourth-order valence-corrected chi connectivity index (χ4v) is 2.83. The third-order valence-electron chi connectivity index (χ3n) is 2.90. The summed E-state index contributed by atoms with van der Waals surface area (Å²) in [6.07, 6.45) is 0. The maximum absolute atomic E-state index is 13.5. The molecule has 0 amide bonds. The number of ether oxygens (including phenoxy) is 1. The maximum atomic E-state index is 13.5. The zero-order valence-corrected chi connectivity index (χ0v) is 12.3. The number of nitrogens with one attached hydrogen (secondary N) is 1. The zero-order chi connectivity index (χ0) is 14.5. The maximum Gasteiger partial charge on any atom is 0.167 e. The summed E-state index contributed by atoms with van der Waals surface area (Å²) in [5.41, 5.74) is 1.03. The number of aryl methyl sites for hydroxylation is 1. The van der Waals surface area contributed by atoms with Gasteiger partial charge in [0.05, 0.1) is 0 Å². The monoisotopic (exact) mass is 297 g/mol. The molecule has 0 saturated carbocycles. The van der Waals surface area contributed by atoms with Crippen LogP contribution in [0.3, 0.4) is 0 Å². The van der Waals surface area contributed by atoms with E-state index in [0.717, 1.165) is 29.6 Å². The van der Waals surface area contributed by atoms with E-state index in [1.54, 1.807) is 11.3 Å². The zero-order valence-electron chi connectivity index (χ0n) is 11.5. The van der Waals surface area contributed by atoms with Gasteiger partial charge in [-0.1, -0.05) is 6.92 Å². The molecule has 0 aliphatic carbocycles. The topological polar surface area (TPSA) is 21.3 Å². The lowest BCUT2D eigenvalue weighted by atomic mass is 10.2. The van der Waals surface area contributed by atoms with Crippen molar-refractivity contribution >= 4 is 11.3 Å². The van der Waals surface area contributed by atoms with Gasteiger partial charge in [-0.15, -0.1) is 11.3 Å². The van der Waals surface area contributed by atoms with Crippen LogP contribution in [-0.2, 0) is 13.2 Å². The van der Waals surface area contributed by atoms with E-state index in [4.69, 9.17) is 4.74 Å². The van der Waals surface area contributed by atoms with Crippen molar-refractivity contribution in [2.45, 2.75) is 27.0 Å². The van der Waals surface area contributed by atoms with E-state index in [2.05, 4.69) is 18.3 Å². The summed E-state index contributed by atoms with van der Waals surface area (Å²) in [4.78, 5) is 2.38. The van der Waals surface area contributed by atoms with E-state index in [0.29, 0.717) is 0 Å². The Labute approximate surface area is 121 Å². The molecule has 0 unspecified atom stereocenters. The summed E-state index contributed by atoms with van der Waals surface area (Å²) in [7, 11) is 0. The Hall–Kier alpha value is -1.46. The van der Waals surface area contributed by atoms with Gasteiger partial charge in [0.1, 0.15) is 12.4 Å². The average Bonchev–Trinajstić information content (AvgIpc) is 2.76. The van der Waals surface area contributed by atoms with E-state index >= 15 is 0 Å². The highest BCUT2D eigenvalue weighted by atomic mass is 32.1. The Balaban J connectivity index is 2.01. The Bertz CT molecular complexity index is 583. The van der Waals surface area contributed by atoms with Gasteiger partial charge < -0.3 is 10.1 Å².